The minimum absolute atomic E-state index is 0.0152. The van der Waals surface area contributed by atoms with Gasteiger partial charge in [0.2, 0.25) is 5.91 Å². The van der Waals surface area contributed by atoms with Gasteiger partial charge in [-0.05, 0) is 121 Å². The number of aliphatic hydroxyl groups is 1. The number of pyridine rings is 1. The van der Waals surface area contributed by atoms with E-state index < -0.39 is 5.60 Å². The van der Waals surface area contributed by atoms with Crippen molar-refractivity contribution in [3.05, 3.63) is 59.9 Å². The van der Waals surface area contributed by atoms with Gasteiger partial charge in [0, 0.05) is 41.2 Å². The lowest BCUT2D eigenvalue weighted by Gasteiger charge is -2.38. The van der Waals surface area contributed by atoms with Gasteiger partial charge >= 0.3 is 0 Å². The van der Waals surface area contributed by atoms with Crippen molar-refractivity contribution < 1.29 is 19.1 Å². The fourth-order valence-electron chi connectivity index (χ4n) is 7.27. The van der Waals surface area contributed by atoms with Gasteiger partial charge in [-0.25, -0.2) is 4.98 Å². The Morgan fingerprint density at radius 3 is 2.35 bits per heavy atom. The number of aryl methyl sites for hydroxylation is 1. The van der Waals surface area contributed by atoms with E-state index in [1.54, 1.807) is 13.4 Å². The Hall–Kier alpha value is -3.19. The summed E-state index contributed by atoms with van der Waals surface area (Å²) >= 11 is 0. The Morgan fingerprint density at radius 2 is 1.70 bits per heavy atom. The van der Waals surface area contributed by atoms with Crippen molar-refractivity contribution in [2.24, 2.45) is 17.8 Å². The first-order valence-electron chi connectivity index (χ1n) is 16.3. The molecule has 0 radical (unpaired) electrons. The van der Waals surface area contributed by atoms with Gasteiger partial charge in [0.1, 0.15) is 17.7 Å². The molecule has 2 aromatic heterocycles. The van der Waals surface area contributed by atoms with Crippen LogP contribution in [0.1, 0.15) is 107 Å². The number of ether oxygens (including phenoxy) is 1. The highest BCUT2D eigenvalue weighted by Gasteiger charge is 2.37. The molecule has 0 spiro atoms. The number of aromatic nitrogens is 2. The zero-order valence-electron chi connectivity index (χ0n) is 26.2. The van der Waals surface area contributed by atoms with E-state index in [1.807, 2.05) is 32.9 Å². The van der Waals surface area contributed by atoms with Crippen LogP contribution in [0.25, 0.3) is 11.3 Å². The maximum atomic E-state index is 14.3. The second-order valence-corrected chi connectivity index (χ2v) is 13.8. The highest BCUT2D eigenvalue weighted by Crippen LogP contribution is 2.42. The maximum absolute atomic E-state index is 14.3. The summed E-state index contributed by atoms with van der Waals surface area (Å²) in [5, 5.41) is 10.6. The molecule has 230 valence electrons. The first-order chi connectivity index (χ1) is 20.7. The monoisotopic (exact) mass is 585 g/mol. The lowest BCUT2D eigenvalue weighted by Crippen LogP contribution is -2.43. The molecule has 43 heavy (non-hydrogen) atoms. The van der Waals surface area contributed by atoms with Crippen LogP contribution < -0.4 is 9.64 Å². The Labute approximate surface area is 256 Å². The molecule has 3 saturated carbocycles. The van der Waals surface area contributed by atoms with Crippen molar-refractivity contribution in [3.8, 4) is 17.0 Å². The van der Waals surface area contributed by atoms with Crippen LogP contribution in [0.15, 0.2) is 47.1 Å². The number of anilines is 1. The Bertz CT molecular complexity index is 1410. The van der Waals surface area contributed by atoms with Gasteiger partial charge in [0.05, 0.1) is 18.4 Å². The van der Waals surface area contributed by atoms with Crippen LogP contribution in [0.4, 0.5) is 5.69 Å². The summed E-state index contributed by atoms with van der Waals surface area (Å²) in [5.41, 5.74) is 4.16. The number of hydrogen-bond donors (Lipinski definition) is 1. The van der Waals surface area contributed by atoms with Crippen LogP contribution in [0.5, 0.6) is 5.75 Å². The molecule has 1 aromatic carbocycles. The van der Waals surface area contributed by atoms with E-state index in [1.165, 1.54) is 0 Å². The average Bonchev–Trinajstić information content (AvgIpc) is 3.75. The molecular formula is C36H47N3O4. The van der Waals surface area contributed by atoms with Gasteiger partial charge in [-0.3, -0.25) is 9.78 Å². The number of amides is 1. The second-order valence-electron chi connectivity index (χ2n) is 13.8. The quantitative estimate of drug-likeness (QED) is 0.275. The highest BCUT2D eigenvalue weighted by atomic mass is 16.5. The number of oxazole rings is 1. The Morgan fingerprint density at radius 1 is 0.977 bits per heavy atom. The largest absolute Gasteiger partial charge is 0.495 e. The van der Waals surface area contributed by atoms with E-state index in [4.69, 9.17) is 19.1 Å². The van der Waals surface area contributed by atoms with Crippen LogP contribution in [0, 0.1) is 24.7 Å². The number of methoxy groups -OCH3 is 1. The van der Waals surface area contributed by atoms with E-state index >= 15 is 0 Å². The van der Waals surface area contributed by atoms with Gasteiger partial charge in [-0.15, -0.1) is 0 Å². The summed E-state index contributed by atoms with van der Waals surface area (Å²) < 4.78 is 11.2. The van der Waals surface area contributed by atoms with Gasteiger partial charge in [0.15, 0.2) is 5.89 Å². The average molecular weight is 586 g/mol. The fourth-order valence-corrected chi connectivity index (χ4v) is 7.27. The predicted molar refractivity (Wildman–Crippen MR) is 168 cm³/mol. The van der Waals surface area contributed by atoms with Crippen LogP contribution >= 0.6 is 0 Å². The lowest BCUT2D eigenvalue weighted by atomic mass is 9.74. The third kappa shape index (κ3) is 6.82. The molecule has 0 bridgehead atoms. The van der Waals surface area contributed by atoms with E-state index in [-0.39, 0.29) is 17.7 Å². The molecule has 3 aliphatic carbocycles. The zero-order valence-corrected chi connectivity index (χ0v) is 26.2. The summed E-state index contributed by atoms with van der Waals surface area (Å²) in [6.07, 6.45) is 11.8. The fraction of sp³-hybridized carbons (Fsp3) is 0.583. The normalized spacial score (nSPS) is 24.5. The van der Waals surface area contributed by atoms with Crippen LogP contribution in [0.2, 0.25) is 0 Å². The minimum Gasteiger partial charge on any atom is -0.495 e. The molecule has 2 heterocycles. The molecule has 0 aliphatic heterocycles. The number of benzene rings is 1. The van der Waals surface area contributed by atoms with E-state index in [0.29, 0.717) is 17.8 Å². The molecule has 6 rings (SSSR count). The number of nitrogens with zero attached hydrogens (tertiary/aromatic N) is 3. The first-order valence-corrected chi connectivity index (χ1v) is 16.3. The summed E-state index contributed by atoms with van der Waals surface area (Å²) in [7, 11) is 1.69. The summed E-state index contributed by atoms with van der Waals surface area (Å²) in [5.74, 6) is 3.45. The number of rotatable bonds is 9. The van der Waals surface area contributed by atoms with Gasteiger partial charge in [-0.2, -0.15) is 0 Å². The molecule has 7 nitrogen and oxygen atoms in total. The zero-order chi connectivity index (χ0) is 30.1. The molecule has 3 aromatic rings. The minimum atomic E-state index is -0.700. The van der Waals surface area contributed by atoms with Crippen molar-refractivity contribution in [1.29, 1.82) is 0 Å². The van der Waals surface area contributed by atoms with Crippen LogP contribution in [-0.4, -0.2) is 40.2 Å². The topological polar surface area (TPSA) is 88.7 Å². The van der Waals surface area contributed by atoms with Crippen LogP contribution in [-0.2, 0) is 4.79 Å². The third-order valence-electron chi connectivity index (χ3n) is 10.2. The molecule has 1 amide bonds. The molecule has 3 aliphatic rings. The number of carbonyl (C=O) groups excluding carboxylic acids is 1. The molecular weight excluding hydrogens is 538 g/mol. The number of hydrogen-bond acceptors (Lipinski definition) is 6. The molecule has 0 saturated heterocycles. The van der Waals surface area contributed by atoms with E-state index in [2.05, 4.69) is 29.2 Å². The lowest BCUT2D eigenvalue weighted by molar-refractivity contribution is -0.124. The SMILES string of the molecule is COc1ccc(C2CCC(CN(C(=O)C3CCC(C(C)(C)O)CC3)c3cccc(-c4coc(C5CC5)n4)c3)CC2)nc1C. The highest BCUT2D eigenvalue weighted by molar-refractivity contribution is 5.95. The van der Waals surface area contributed by atoms with Gasteiger partial charge < -0.3 is 19.2 Å². The van der Waals surface area contributed by atoms with Crippen molar-refractivity contribution >= 4 is 11.6 Å². The standard InChI is InChI=1S/C36H47N3O4/c1-23-33(42-4)19-18-31(37-23)25-10-8-24(9-11-25)21-39(35(40)27-14-16-29(17-15-27)36(2,3)41)30-7-5-6-28(20-30)32-22-43-34(38-32)26-12-13-26/h5-7,18-20,22,24-27,29,41H,8-17,21H2,1-4H3. The Kier molecular flexibility index (Phi) is 8.63. The van der Waals surface area contributed by atoms with Crippen molar-refractivity contribution in [2.75, 3.05) is 18.6 Å². The third-order valence-corrected chi connectivity index (χ3v) is 10.2. The first kappa shape index (κ1) is 29.9. The smallest absolute Gasteiger partial charge is 0.230 e. The maximum Gasteiger partial charge on any atom is 0.230 e. The van der Waals surface area contributed by atoms with E-state index in [0.717, 1.165) is 111 Å². The van der Waals surface area contributed by atoms with Gasteiger partial charge in [-0.1, -0.05) is 12.1 Å². The van der Waals surface area contributed by atoms with Crippen molar-refractivity contribution in [2.45, 2.75) is 102 Å². The molecule has 7 heteroatoms. The van der Waals surface area contributed by atoms with Crippen LogP contribution in [0.3, 0.4) is 0 Å². The molecule has 0 unspecified atom stereocenters. The molecule has 0 atom stereocenters. The van der Waals surface area contributed by atoms with Gasteiger partial charge in [0.25, 0.3) is 0 Å². The van der Waals surface area contributed by atoms with Crippen molar-refractivity contribution in [1.82, 2.24) is 9.97 Å². The predicted octanol–water partition coefficient (Wildman–Crippen LogP) is 7.82. The summed E-state index contributed by atoms with van der Waals surface area (Å²) in [6, 6.07) is 12.4. The van der Waals surface area contributed by atoms with Crippen molar-refractivity contribution in [3.63, 3.8) is 0 Å². The Balaban J connectivity index is 1.19. The summed E-state index contributed by atoms with van der Waals surface area (Å²) in [6.45, 7) is 6.53. The van der Waals surface area contributed by atoms with E-state index in [9.17, 15) is 9.90 Å². The summed E-state index contributed by atoms with van der Waals surface area (Å²) in [4.78, 5) is 26.0. The molecule has 3 fully saturated rings. The second kappa shape index (κ2) is 12.4. The molecule has 1 N–H and O–H groups in total. The number of carbonyl (C=O) groups is 1.